The van der Waals surface area contributed by atoms with E-state index in [0.717, 1.165) is 38.5 Å². The van der Waals surface area contributed by atoms with Crippen LogP contribution in [-0.2, 0) is 4.74 Å². The van der Waals surface area contributed by atoms with Gasteiger partial charge in [-0.1, -0.05) is 13.8 Å². The fraction of sp³-hybridized carbons (Fsp3) is 0.500. The van der Waals surface area contributed by atoms with Crippen LogP contribution in [0, 0.1) is 16.0 Å². The van der Waals surface area contributed by atoms with Crippen LogP contribution in [0.15, 0.2) is 30.5 Å². The van der Waals surface area contributed by atoms with Gasteiger partial charge in [-0.05, 0) is 24.1 Å². The maximum Gasteiger partial charge on any atom is 0.278 e. The van der Waals surface area contributed by atoms with Gasteiger partial charge in [0.05, 0.1) is 29.2 Å². The number of nitrogens with one attached hydrogen (secondary N) is 1. The van der Waals surface area contributed by atoms with E-state index in [2.05, 4.69) is 29.0 Å². The summed E-state index contributed by atoms with van der Waals surface area (Å²) < 4.78 is 5.45. The Morgan fingerprint density at radius 2 is 2.08 bits per heavy atom. The van der Waals surface area contributed by atoms with Crippen molar-refractivity contribution in [3.8, 4) is 0 Å². The first-order valence-corrected chi connectivity index (χ1v) is 8.65. The van der Waals surface area contributed by atoms with Gasteiger partial charge in [-0.25, -0.2) is 0 Å². The van der Waals surface area contributed by atoms with Crippen LogP contribution in [-0.4, -0.2) is 53.7 Å². The normalized spacial score (nSPS) is 16.9. The molecule has 0 saturated carbocycles. The van der Waals surface area contributed by atoms with Crippen molar-refractivity contribution in [2.24, 2.45) is 5.92 Å². The second-order valence-electron chi connectivity index (χ2n) is 6.63. The number of aromatic nitrogens is 1. The van der Waals surface area contributed by atoms with Gasteiger partial charge in [-0.2, -0.15) is 0 Å². The highest BCUT2D eigenvalue weighted by atomic mass is 16.6. The van der Waals surface area contributed by atoms with E-state index >= 15 is 0 Å². The summed E-state index contributed by atoms with van der Waals surface area (Å²) in [6, 6.07) is 7.14. The van der Waals surface area contributed by atoms with Gasteiger partial charge in [0.2, 0.25) is 0 Å². The molecule has 1 atom stereocenters. The Bertz CT molecular complexity index is 744. The third-order valence-electron chi connectivity index (χ3n) is 4.73. The number of hydrogen-bond donors (Lipinski definition) is 1. The molecule has 2 aromatic rings. The van der Waals surface area contributed by atoms with Gasteiger partial charge < -0.3 is 10.1 Å². The predicted octanol–water partition coefficient (Wildman–Crippen LogP) is 2.91. The lowest BCUT2D eigenvalue weighted by Crippen LogP contribution is -2.49. The van der Waals surface area contributed by atoms with Crippen LogP contribution < -0.4 is 5.32 Å². The van der Waals surface area contributed by atoms with E-state index < -0.39 is 0 Å². The van der Waals surface area contributed by atoms with E-state index in [1.807, 2.05) is 0 Å². The molecule has 1 unspecified atom stereocenters. The molecule has 0 aliphatic carbocycles. The van der Waals surface area contributed by atoms with Crippen molar-refractivity contribution in [3.63, 3.8) is 0 Å². The zero-order chi connectivity index (χ0) is 17.8. The summed E-state index contributed by atoms with van der Waals surface area (Å²) in [6.45, 7) is 8.60. The topological polar surface area (TPSA) is 80.5 Å². The number of fused-ring (bicyclic) bond motifs is 1. The summed E-state index contributed by atoms with van der Waals surface area (Å²) in [6.07, 6.45) is 1.67. The number of benzene rings is 1. The number of pyridine rings is 1. The van der Waals surface area contributed by atoms with Crippen LogP contribution in [0.3, 0.4) is 0 Å². The van der Waals surface area contributed by atoms with Gasteiger partial charge in [-0.15, -0.1) is 0 Å². The number of anilines is 1. The highest BCUT2D eigenvalue weighted by Gasteiger charge is 2.24. The smallest absolute Gasteiger partial charge is 0.278 e. The summed E-state index contributed by atoms with van der Waals surface area (Å²) in [7, 11) is 0. The maximum atomic E-state index is 11.2. The molecule has 25 heavy (non-hydrogen) atoms. The van der Waals surface area contributed by atoms with Crippen molar-refractivity contribution in [1.29, 1.82) is 0 Å². The van der Waals surface area contributed by atoms with Gasteiger partial charge in [0.1, 0.15) is 5.52 Å². The molecule has 1 aliphatic rings. The third kappa shape index (κ3) is 3.88. The maximum absolute atomic E-state index is 11.2. The van der Waals surface area contributed by atoms with Gasteiger partial charge in [0.15, 0.2) is 0 Å². The van der Waals surface area contributed by atoms with E-state index in [1.165, 1.54) is 0 Å². The SMILES string of the molecule is CC(C)C(CNc1ccc([N+](=O)[O-])c2cccnc12)N1CCOCC1. The van der Waals surface area contributed by atoms with Crippen molar-refractivity contribution >= 4 is 22.3 Å². The van der Waals surface area contributed by atoms with Crippen LogP contribution in [0.25, 0.3) is 10.9 Å². The molecule has 1 aliphatic heterocycles. The molecule has 1 fully saturated rings. The average Bonchev–Trinajstić information content (AvgIpc) is 2.62. The van der Waals surface area contributed by atoms with E-state index in [-0.39, 0.29) is 10.6 Å². The Balaban J connectivity index is 1.82. The van der Waals surface area contributed by atoms with Gasteiger partial charge in [0, 0.05) is 37.9 Å². The molecule has 1 aromatic carbocycles. The molecule has 0 bridgehead atoms. The number of nitrogens with zero attached hydrogens (tertiary/aromatic N) is 3. The summed E-state index contributed by atoms with van der Waals surface area (Å²) in [5.74, 6) is 0.489. The van der Waals surface area contributed by atoms with E-state index in [4.69, 9.17) is 4.74 Å². The lowest BCUT2D eigenvalue weighted by molar-refractivity contribution is -0.383. The van der Waals surface area contributed by atoms with Gasteiger partial charge >= 0.3 is 0 Å². The minimum atomic E-state index is -0.363. The fourth-order valence-electron chi connectivity index (χ4n) is 3.37. The molecular weight excluding hydrogens is 320 g/mol. The summed E-state index contributed by atoms with van der Waals surface area (Å²) in [5.41, 5.74) is 1.56. The molecule has 134 valence electrons. The van der Waals surface area contributed by atoms with Crippen LogP contribution in [0.5, 0.6) is 0 Å². The molecular formula is C18H24N4O3. The molecule has 2 heterocycles. The molecule has 3 rings (SSSR count). The van der Waals surface area contributed by atoms with Crippen LogP contribution in [0.1, 0.15) is 13.8 Å². The summed E-state index contributed by atoms with van der Waals surface area (Å²) in [4.78, 5) is 17.7. The average molecular weight is 344 g/mol. The first-order valence-electron chi connectivity index (χ1n) is 8.65. The molecule has 0 spiro atoms. The van der Waals surface area contributed by atoms with Crippen molar-refractivity contribution in [1.82, 2.24) is 9.88 Å². The van der Waals surface area contributed by atoms with Crippen LogP contribution in [0.4, 0.5) is 11.4 Å². The largest absolute Gasteiger partial charge is 0.382 e. The Morgan fingerprint density at radius 3 is 2.76 bits per heavy atom. The van der Waals surface area contributed by atoms with Gasteiger partial charge in [0.25, 0.3) is 5.69 Å². The Labute approximate surface area is 147 Å². The fourth-order valence-corrected chi connectivity index (χ4v) is 3.37. The lowest BCUT2D eigenvalue weighted by atomic mass is 10.0. The van der Waals surface area contributed by atoms with E-state index in [9.17, 15) is 10.1 Å². The van der Waals surface area contributed by atoms with E-state index in [0.29, 0.717) is 22.9 Å². The quantitative estimate of drug-likeness (QED) is 0.641. The number of morpholine rings is 1. The van der Waals surface area contributed by atoms with Crippen molar-refractivity contribution in [2.75, 3.05) is 38.2 Å². The van der Waals surface area contributed by atoms with E-state index in [1.54, 1.807) is 30.5 Å². The highest BCUT2D eigenvalue weighted by molar-refractivity contribution is 5.96. The molecule has 1 N–H and O–H groups in total. The number of nitro groups is 1. The minimum Gasteiger partial charge on any atom is -0.382 e. The summed E-state index contributed by atoms with van der Waals surface area (Å²) in [5, 5.41) is 15.3. The van der Waals surface area contributed by atoms with Crippen molar-refractivity contribution in [3.05, 3.63) is 40.6 Å². The molecule has 0 amide bonds. The summed E-state index contributed by atoms with van der Waals surface area (Å²) >= 11 is 0. The zero-order valence-electron chi connectivity index (χ0n) is 14.6. The number of ether oxygens (including phenoxy) is 1. The number of hydrogen-bond acceptors (Lipinski definition) is 6. The highest BCUT2D eigenvalue weighted by Crippen LogP contribution is 2.30. The molecule has 1 aromatic heterocycles. The zero-order valence-corrected chi connectivity index (χ0v) is 14.6. The predicted molar refractivity (Wildman–Crippen MR) is 97.9 cm³/mol. The standard InChI is InChI=1S/C18H24N4O3/c1-13(2)17(21-8-10-25-11-9-21)12-20-15-5-6-16(22(23)24)14-4-3-7-19-18(14)15/h3-7,13,17,20H,8-12H2,1-2H3. The Hall–Kier alpha value is -2.25. The minimum absolute atomic E-state index is 0.0854. The second kappa shape index (κ2) is 7.76. The molecule has 7 nitrogen and oxygen atoms in total. The first kappa shape index (κ1) is 17.6. The van der Waals surface area contributed by atoms with Crippen LogP contribution in [0.2, 0.25) is 0 Å². The molecule has 1 saturated heterocycles. The first-order chi connectivity index (χ1) is 12.1. The molecule has 7 heteroatoms. The number of rotatable bonds is 6. The Kier molecular flexibility index (Phi) is 5.45. The number of nitro benzene ring substituents is 1. The lowest BCUT2D eigenvalue weighted by Gasteiger charge is -2.37. The van der Waals surface area contributed by atoms with Crippen LogP contribution >= 0.6 is 0 Å². The Morgan fingerprint density at radius 1 is 1.32 bits per heavy atom. The molecule has 0 radical (unpaired) electrons. The van der Waals surface area contributed by atoms with Gasteiger partial charge in [-0.3, -0.25) is 20.0 Å². The van der Waals surface area contributed by atoms with Crippen molar-refractivity contribution in [2.45, 2.75) is 19.9 Å². The number of non-ortho nitro benzene ring substituents is 1. The third-order valence-corrected chi connectivity index (χ3v) is 4.73. The second-order valence-corrected chi connectivity index (χ2v) is 6.63. The monoisotopic (exact) mass is 344 g/mol. The van der Waals surface area contributed by atoms with Crippen molar-refractivity contribution < 1.29 is 9.66 Å².